The molecule has 12 heteroatoms. The summed E-state index contributed by atoms with van der Waals surface area (Å²) in [7, 11) is 0. The largest absolute Gasteiger partial charge is 0.508 e. The fourth-order valence-corrected chi connectivity index (χ4v) is 3.03. The molecule has 0 spiro atoms. The molecule has 4 rings (SSSR count). The Bertz CT molecular complexity index is 1100. The summed E-state index contributed by atoms with van der Waals surface area (Å²) < 4.78 is 50.5. The van der Waals surface area contributed by atoms with Gasteiger partial charge in [-0.25, -0.2) is 14.2 Å². The number of hydrogen-bond acceptors (Lipinski definition) is 7. The summed E-state index contributed by atoms with van der Waals surface area (Å²) in [5.74, 6) is -1.31. The standard InChI is InChI=1S/C20H19FN4O2.C2HF3O2/c21-15-3-7-17(8-4-15)27-19-9-10-23-20(24-19)25-12-11-22-18(13-25)14-1-5-16(26)6-2-14;3-2(4,5)1(6)7/h1-10,18,22,26H,11-13H2;(H,6,7). The number of aliphatic carboxylic acids is 1. The van der Waals surface area contributed by atoms with E-state index in [1.54, 1.807) is 36.5 Å². The zero-order valence-electron chi connectivity index (χ0n) is 17.5. The van der Waals surface area contributed by atoms with Crippen LogP contribution in [0.3, 0.4) is 0 Å². The highest BCUT2D eigenvalue weighted by atomic mass is 19.4. The van der Waals surface area contributed by atoms with Crippen molar-refractivity contribution in [2.45, 2.75) is 12.2 Å². The van der Waals surface area contributed by atoms with Crippen LogP contribution in [-0.2, 0) is 4.79 Å². The summed E-state index contributed by atoms with van der Waals surface area (Å²) >= 11 is 0. The molecule has 180 valence electrons. The van der Waals surface area contributed by atoms with Gasteiger partial charge in [0.2, 0.25) is 11.8 Å². The average Bonchev–Trinajstić information content (AvgIpc) is 2.81. The molecular weight excluding hydrogens is 460 g/mol. The lowest BCUT2D eigenvalue weighted by Crippen LogP contribution is -2.46. The van der Waals surface area contributed by atoms with Crippen molar-refractivity contribution in [3.63, 3.8) is 0 Å². The third kappa shape index (κ3) is 7.04. The zero-order chi connectivity index (χ0) is 24.7. The first-order valence-corrected chi connectivity index (χ1v) is 9.95. The Kier molecular flexibility index (Phi) is 7.84. The van der Waals surface area contributed by atoms with Crippen molar-refractivity contribution in [2.24, 2.45) is 0 Å². The minimum Gasteiger partial charge on any atom is -0.508 e. The van der Waals surface area contributed by atoms with E-state index < -0.39 is 12.1 Å². The Morgan fingerprint density at radius 1 is 1.09 bits per heavy atom. The summed E-state index contributed by atoms with van der Waals surface area (Å²) in [4.78, 5) is 19.8. The number of anilines is 1. The number of rotatable bonds is 4. The first-order valence-electron chi connectivity index (χ1n) is 9.95. The van der Waals surface area contributed by atoms with Gasteiger partial charge in [-0.15, -0.1) is 0 Å². The molecule has 1 aliphatic rings. The van der Waals surface area contributed by atoms with E-state index in [0.717, 1.165) is 18.7 Å². The van der Waals surface area contributed by atoms with Crippen molar-refractivity contribution in [3.05, 3.63) is 72.2 Å². The molecule has 2 aromatic carbocycles. The topological polar surface area (TPSA) is 108 Å². The highest BCUT2D eigenvalue weighted by molar-refractivity contribution is 5.73. The number of halogens is 4. The van der Waals surface area contributed by atoms with Crippen LogP contribution in [0, 0.1) is 5.82 Å². The van der Waals surface area contributed by atoms with Gasteiger partial charge >= 0.3 is 12.1 Å². The van der Waals surface area contributed by atoms with Gasteiger partial charge < -0.3 is 25.2 Å². The van der Waals surface area contributed by atoms with Crippen LogP contribution >= 0.6 is 0 Å². The number of carbonyl (C=O) groups is 1. The van der Waals surface area contributed by atoms with Crippen molar-refractivity contribution >= 4 is 11.9 Å². The van der Waals surface area contributed by atoms with Gasteiger partial charge in [0.05, 0.1) is 0 Å². The van der Waals surface area contributed by atoms with Crippen molar-refractivity contribution in [3.8, 4) is 17.4 Å². The molecule has 34 heavy (non-hydrogen) atoms. The van der Waals surface area contributed by atoms with Gasteiger partial charge in [-0.3, -0.25) is 0 Å². The Balaban J connectivity index is 0.000000406. The lowest BCUT2D eigenvalue weighted by atomic mass is 10.0. The van der Waals surface area contributed by atoms with Crippen LogP contribution in [-0.4, -0.2) is 52.0 Å². The number of benzene rings is 2. The number of phenolic OH excluding ortho intramolecular Hbond substituents is 1. The van der Waals surface area contributed by atoms with E-state index in [4.69, 9.17) is 14.6 Å². The maximum absolute atomic E-state index is 13.0. The molecule has 1 fully saturated rings. The number of nitrogens with one attached hydrogen (secondary N) is 1. The van der Waals surface area contributed by atoms with Gasteiger partial charge in [-0.05, 0) is 42.0 Å². The Labute approximate surface area is 191 Å². The van der Waals surface area contributed by atoms with Gasteiger partial charge in [-0.2, -0.15) is 18.2 Å². The molecule has 2 heterocycles. The fraction of sp³-hybridized carbons (Fsp3) is 0.227. The highest BCUT2D eigenvalue weighted by Gasteiger charge is 2.38. The van der Waals surface area contributed by atoms with Crippen LogP contribution in [0.1, 0.15) is 11.6 Å². The fourth-order valence-electron chi connectivity index (χ4n) is 3.03. The minimum absolute atomic E-state index is 0.115. The molecule has 1 aromatic heterocycles. The first-order chi connectivity index (χ1) is 16.1. The quantitative estimate of drug-likeness (QED) is 0.483. The molecule has 3 N–H and O–H groups in total. The molecule has 1 aliphatic heterocycles. The molecule has 0 aliphatic carbocycles. The molecule has 0 saturated carbocycles. The smallest absolute Gasteiger partial charge is 0.490 e. The predicted molar refractivity (Wildman–Crippen MR) is 113 cm³/mol. The van der Waals surface area contributed by atoms with Gasteiger partial charge in [0.1, 0.15) is 17.3 Å². The normalized spacial score (nSPS) is 15.8. The van der Waals surface area contributed by atoms with Gasteiger partial charge in [-0.1, -0.05) is 12.1 Å². The summed E-state index contributed by atoms with van der Waals surface area (Å²) in [6.07, 6.45) is -3.43. The van der Waals surface area contributed by atoms with Crippen molar-refractivity contribution in [1.82, 2.24) is 15.3 Å². The molecule has 1 atom stereocenters. The maximum atomic E-state index is 13.0. The van der Waals surface area contributed by atoms with Gasteiger partial charge in [0.15, 0.2) is 0 Å². The van der Waals surface area contributed by atoms with Crippen LogP contribution < -0.4 is 15.0 Å². The predicted octanol–water partition coefficient (Wildman–Crippen LogP) is 3.90. The van der Waals surface area contributed by atoms with Crippen LogP contribution in [0.4, 0.5) is 23.5 Å². The second kappa shape index (κ2) is 10.8. The third-order valence-corrected chi connectivity index (χ3v) is 4.65. The van der Waals surface area contributed by atoms with Crippen LogP contribution in [0.2, 0.25) is 0 Å². The number of aromatic nitrogens is 2. The number of nitrogens with zero attached hydrogens (tertiary/aromatic N) is 3. The SMILES string of the molecule is O=C(O)C(F)(F)F.Oc1ccc(C2CN(c3nccc(Oc4ccc(F)cc4)n3)CCN2)cc1. The number of aromatic hydroxyl groups is 1. The molecule has 0 bridgehead atoms. The summed E-state index contributed by atoms with van der Waals surface area (Å²) in [6.45, 7) is 2.26. The van der Waals surface area contributed by atoms with Crippen molar-refractivity contribution in [1.29, 1.82) is 0 Å². The molecule has 1 unspecified atom stereocenters. The monoisotopic (exact) mass is 480 g/mol. The van der Waals surface area contributed by atoms with E-state index in [-0.39, 0.29) is 17.6 Å². The maximum Gasteiger partial charge on any atom is 0.490 e. The van der Waals surface area contributed by atoms with E-state index in [9.17, 15) is 22.7 Å². The number of ether oxygens (including phenoxy) is 1. The van der Waals surface area contributed by atoms with Gasteiger partial charge in [0, 0.05) is 37.9 Å². The third-order valence-electron chi connectivity index (χ3n) is 4.65. The number of piperazine rings is 1. The molecule has 3 aromatic rings. The lowest BCUT2D eigenvalue weighted by Gasteiger charge is -2.34. The molecule has 8 nitrogen and oxygen atoms in total. The molecular formula is C22H20F4N4O4. The summed E-state index contributed by atoms with van der Waals surface area (Å²) in [5, 5.41) is 20.1. The van der Waals surface area contributed by atoms with Crippen molar-refractivity contribution in [2.75, 3.05) is 24.5 Å². The number of carboxylic acid groups (broad SMARTS) is 1. The van der Waals surface area contributed by atoms with Crippen LogP contribution in [0.25, 0.3) is 0 Å². The number of alkyl halides is 3. The molecule has 1 saturated heterocycles. The second-order valence-corrected chi connectivity index (χ2v) is 7.10. The number of phenols is 1. The van der Waals surface area contributed by atoms with Crippen LogP contribution in [0.15, 0.2) is 60.8 Å². The average molecular weight is 480 g/mol. The zero-order valence-corrected chi connectivity index (χ0v) is 17.5. The first kappa shape index (κ1) is 24.7. The Morgan fingerprint density at radius 3 is 2.35 bits per heavy atom. The van der Waals surface area contributed by atoms with Crippen LogP contribution in [0.5, 0.6) is 17.4 Å². The highest BCUT2D eigenvalue weighted by Crippen LogP contribution is 2.24. The Morgan fingerprint density at radius 2 is 1.74 bits per heavy atom. The van der Waals surface area contributed by atoms with E-state index in [1.807, 2.05) is 12.1 Å². The van der Waals surface area contributed by atoms with E-state index in [2.05, 4.69) is 20.2 Å². The van der Waals surface area contributed by atoms with E-state index in [1.165, 1.54) is 12.1 Å². The molecule has 0 radical (unpaired) electrons. The number of hydrogen-bond donors (Lipinski definition) is 3. The van der Waals surface area contributed by atoms with E-state index in [0.29, 0.717) is 24.1 Å². The van der Waals surface area contributed by atoms with Crippen molar-refractivity contribution < 1.29 is 37.3 Å². The minimum atomic E-state index is -5.08. The second-order valence-electron chi connectivity index (χ2n) is 7.10. The Hall–Kier alpha value is -3.93. The lowest BCUT2D eigenvalue weighted by molar-refractivity contribution is -0.192. The van der Waals surface area contributed by atoms with Gasteiger partial charge in [0.25, 0.3) is 0 Å². The summed E-state index contributed by atoms with van der Waals surface area (Å²) in [6, 6.07) is 14.8. The molecule has 0 amide bonds. The number of carboxylic acids is 1. The summed E-state index contributed by atoms with van der Waals surface area (Å²) in [5.41, 5.74) is 1.09. The van der Waals surface area contributed by atoms with E-state index >= 15 is 0 Å².